The lowest BCUT2D eigenvalue weighted by atomic mass is 10.2. The van der Waals surface area contributed by atoms with E-state index in [1.807, 2.05) is 12.1 Å². The third-order valence-corrected chi connectivity index (χ3v) is 4.51. The molecule has 1 saturated heterocycles. The van der Waals surface area contributed by atoms with Gasteiger partial charge in [0.1, 0.15) is 5.75 Å². The monoisotopic (exact) mass is 251 g/mol. The van der Waals surface area contributed by atoms with Gasteiger partial charge in [0.15, 0.2) is 0 Å². The van der Waals surface area contributed by atoms with Crippen molar-refractivity contribution in [1.29, 1.82) is 0 Å². The lowest BCUT2D eigenvalue weighted by molar-refractivity contribution is 0.414. The van der Waals surface area contributed by atoms with Crippen molar-refractivity contribution in [1.82, 2.24) is 5.32 Å². The van der Waals surface area contributed by atoms with Gasteiger partial charge in [0.2, 0.25) is 0 Å². The summed E-state index contributed by atoms with van der Waals surface area (Å²) >= 11 is 2.12. The number of rotatable bonds is 5. The van der Waals surface area contributed by atoms with Gasteiger partial charge >= 0.3 is 0 Å². The van der Waals surface area contributed by atoms with E-state index in [2.05, 4.69) is 29.2 Å². The maximum atomic E-state index is 5.22. The van der Waals surface area contributed by atoms with Gasteiger partial charge in [-0.05, 0) is 36.3 Å². The molecule has 1 aromatic carbocycles. The van der Waals surface area contributed by atoms with E-state index in [0.717, 1.165) is 24.1 Å². The highest BCUT2D eigenvalue weighted by Crippen LogP contribution is 2.24. The Morgan fingerprint density at radius 2 is 2.35 bits per heavy atom. The van der Waals surface area contributed by atoms with Crippen LogP contribution >= 0.6 is 11.8 Å². The highest BCUT2D eigenvalue weighted by molar-refractivity contribution is 7.99. The van der Waals surface area contributed by atoms with E-state index in [4.69, 9.17) is 4.74 Å². The van der Waals surface area contributed by atoms with Crippen LogP contribution in [0.3, 0.4) is 0 Å². The molecule has 0 radical (unpaired) electrons. The predicted octanol–water partition coefficient (Wildman–Crippen LogP) is 3.07. The molecule has 1 N–H and O–H groups in total. The van der Waals surface area contributed by atoms with Crippen molar-refractivity contribution in [3.05, 3.63) is 29.8 Å². The smallest absolute Gasteiger partial charge is 0.119 e. The maximum absolute atomic E-state index is 5.22. The molecule has 2 rings (SSSR count). The summed E-state index contributed by atoms with van der Waals surface area (Å²) < 4.78 is 5.22. The second-order valence-electron chi connectivity index (χ2n) is 4.47. The zero-order chi connectivity index (χ0) is 11.9. The zero-order valence-corrected chi connectivity index (χ0v) is 11.3. The summed E-state index contributed by atoms with van der Waals surface area (Å²) in [6, 6.07) is 8.27. The van der Waals surface area contributed by atoms with Gasteiger partial charge in [0.25, 0.3) is 0 Å². The van der Waals surface area contributed by atoms with Gasteiger partial charge in [-0.15, -0.1) is 0 Å². The fourth-order valence-corrected chi connectivity index (χ4v) is 3.40. The predicted molar refractivity (Wildman–Crippen MR) is 74.8 cm³/mol. The van der Waals surface area contributed by atoms with Crippen LogP contribution in [-0.4, -0.2) is 24.7 Å². The van der Waals surface area contributed by atoms with Crippen LogP contribution in [0.5, 0.6) is 5.75 Å². The van der Waals surface area contributed by atoms with Crippen LogP contribution in [0.15, 0.2) is 24.3 Å². The Kier molecular flexibility index (Phi) is 5.20. The van der Waals surface area contributed by atoms with E-state index in [1.165, 1.54) is 30.6 Å². The van der Waals surface area contributed by atoms with Crippen molar-refractivity contribution >= 4 is 11.8 Å². The van der Waals surface area contributed by atoms with Crippen LogP contribution in [0.2, 0.25) is 0 Å². The molecule has 1 aromatic rings. The van der Waals surface area contributed by atoms with Crippen molar-refractivity contribution in [3.63, 3.8) is 0 Å². The van der Waals surface area contributed by atoms with Gasteiger partial charge in [-0.2, -0.15) is 11.8 Å². The normalized spacial score (nSPS) is 20.2. The third kappa shape index (κ3) is 4.25. The van der Waals surface area contributed by atoms with E-state index in [0.29, 0.717) is 0 Å². The summed E-state index contributed by atoms with van der Waals surface area (Å²) in [6.45, 7) is 2.07. The first kappa shape index (κ1) is 12.8. The quantitative estimate of drug-likeness (QED) is 0.869. The topological polar surface area (TPSA) is 21.3 Å². The minimum Gasteiger partial charge on any atom is -0.497 e. The number of ether oxygens (including phenoxy) is 1. The van der Waals surface area contributed by atoms with Crippen molar-refractivity contribution in [3.8, 4) is 5.75 Å². The fraction of sp³-hybridized carbons (Fsp3) is 0.571. The van der Waals surface area contributed by atoms with Crippen molar-refractivity contribution < 1.29 is 4.74 Å². The van der Waals surface area contributed by atoms with Crippen LogP contribution < -0.4 is 10.1 Å². The molecule has 1 heterocycles. The van der Waals surface area contributed by atoms with Crippen molar-refractivity contribution in [2.24, 2.45) is 0 Å². The van der Waals surface area contributed by atoms with Crippen LogP contribution in [0, 0.1) is 0 Å². The largest absolute Gasteiger partial charge is 0.497 e. The lowest BCUT2D eigenvalue weighted by Gasteiger charge is -2.21. The van der Waals surface area contributed by atoms with Gasteiger partial charge in [-0.3, -0.25) is 0 Å². The van der Waals surface area contributed by atoms with Crippen molar-refractivity contribution in [2.45, 2.75) is 31.1 Å². The van der Waals surface area contributed by atoms with Crippen LogP contribution in [0.4, 0.5) is 0 Å². The van der Waals surface area contributed by atoms with Crippen LogP contribution in [-0.2, 0) is 6.54 Å². The van der Waals surface area contributed by atoms with Gasteiger partial charge in [0.05, 0.1) is 7.11 Å². The Balaban J connectivity index is 1.73. The summed E-state index contributed by atoms with van der Waals surface area (Å²) in [5, 5.41) is 4.36. The first-order valence-electron chi connectivity index (χ1n) is 6.34. The molecule has 1 unspecified atom stereocenters. The molecule has 94 valence electrons. The molecular formula is C14H21NOS. The maximum Gasteiger partial charge on any atom is 0.119 e. The third-order valence-electron chi connectivity index (χ3n) is 3.11. The van der Waals surface area contributed by atoms with Gasteiger partial charge in [-0.25, -0.2) is 0 Å². The summed E-state index contributed by atoms with van der Waals surface area (Å²) in [5.41, 5.74) is 1.30. The summed E-state index contributed by atoms with van der Waals surface area (Å²) in [7, 11) is 1.71. The number of nitrogens with one attached hydrogen (secondary N) is 1. The Hall–Kier alpha value is -0.670. The van der Waals surface area contributed by atoms with E-state index in [9.17, 15) is 0 Å². The van der Waals surface area contributed by atoms with E-state index >= 15 is 0 Å². The summed E-state index contributed by atoms with van der Waals surface area (Å²) in [6.07, 6.45) is 4.17. The molecule has 2 nitrogen and oxygen atoms in total. The molecule has 0 aliphatic carbocycles. The Bertz CT molecular complexity index is 337. The second-order valence-corrected chi connectivity index (χ2v) is 5.88. The Morgan fingerprint density at radius 1 is 1.41 bits per heavy atom. The molecule has 1 aliphatic rings. The first-order valence-corrected chi connectivity index (χ1v) is 7.38. The second kappa shape index (κ2) is 6.92. The van der Waals surface area contributed by atoms with Crippen LogP contribution in [0.25, 0.3) is 0 Å². The molecule has 3 heteroatoms. The Morgan fingerprint density at radius 3 is 3.12 bits per heavy atom. The number of methoxy groups -OCH3 is 1. The molecule has 1 aliphatic heterocycles. The van der Waals surface area contributed by atoms with Gasteiger partial charge in [-0.1, -0.05) is 18.6 Å². The molecule has 0 saturated carbocycles. The van der Waals surface area contributed by atoms with E-state index < -0.39 is 0 Å². The van der Waals surface area contributed by atoms with E-state index in [1.54, 1.807) is 7.11 Å². The Labute approximate surface area is 108 Å². The van der Waals surface area contributed by atoms with Gasteiger partial charge < -0.3 is 10.1 Å². The summed E-state index contributed by atoms with van der Waals surface area (Å²) in [4.78, 5) is 0. The molecule has 0 amide bonds. The molecule has 17 heavy (non-hydrogen) atoms. The molecule has 1 atom stereocenters. The average molecular weight is 251 g/mol. The molecular weight excluding hydrogens is 230 g/mol. The number of benzene rings is 1. The molecule has 1 fully saturated rings. The zero-order valence-electron chi connectivity index (χ0n) is 10.4. The van der Waals surface area contributed by atoms with Crippen molar-refractivity contribution in [2.75, 3.05) is 19.4 Å². The summed E-state index contributed by atoms with van der Waals surface area (Å²) in [5.74, 6) is 2.28. The number of hydrogen-bond donors (Lipinski definition) is 1. The minimum atomic E-state index is 0.814. The lowest BCUT2D eigenvalue weighted by Crippen LogP contribution is -2.26. The van der Waals surface area contributed by atoms with Crippen LogP contribution in [0.1, 0.15) is 24.8 Å². The fourth-order valence-electron chi connectivity index (χ4n) is 2.13. The van der Waals surface area contributed by atoms with E-state index in [-0.39, 0.29) is 0 Å². The highest BCUT2D eigenvalue weighted by Gasteiger charge is 2.12. The molecule has 0 bridgehead atoms. The van der Waals surface area contributed by atoms with Gasteiger partial charge in [0, 0.05) is 18.3 Å². The highest BCUT2D eigenvalue weighted by atomic mass is 32.2. The number of hydrogen-bond acceptors (Lipinski definition) is 3. The standard InChI is InChI=1S/C14H21NOS/c1-16-13-6-4-5-12(9-13)10-15-11-14-7-2-3-8-17-14/h4-6,9,14-15H,2-3,7-8,10-11H2,1H3. The number of thioether (sulfide) groups is 1. The first-order chi connectivity index (χ1) is 8.38. The molecule has 0 aromatic heterocycles. The SMILES string of the molecule is COc1cccc(CNCC2CCCCS2)c1. The molecule has 0 spiro atoms. The minimum absolute atomic E-state index is 0.814. The average Bonchev–Trinajstić information content (AvgIpc) is 2.40.